The Morgan fingerprint density at radius 1 is 0.620 bits per heavy atom. The molecule has 6 aliphatic rings. The third-order valence-corrected chi connectivity index (χ3v) is 18.7. The van der Waals surface area contributed by atoms with Crippen LogP contribution in [0.25, 0.3) is 5.57 Å². The van der Waals surface area contributed by atoms with Gasteiger partial charge in [0.2, 0.25) is 0 Å². The van der Waals surface area contributed by atoms with E-state index >= 15 is 0 Å². The van der Waals surface area contributed by atoms with E-state index in [1.54, 1.807) is 35.9 Å². The SMILES string of the molecule is CC1=C(C2=CC=CC2)C(=C(c2ccc(C)cc2)c2ccc(C)cc2)C=C2[CH]([Zr])C3(C)C4(C)C=CC=CC4(C)C4(C)C=CC=CC4(C)C3(C)C21C. The average Bonchev–Trinajstić information content (AvgIpc) is 3.67. The predicted octanol–water partition coefficient (Wildman–Crippen LogP) is 12.9. The van der Waals surface area contributed by atoms with Crippen LogP contribution in [0.4, 0.5) is 0 Å². The number of rotatable bonds is 3. The number of fused-ring (bicyclic) bond motifs is 8. The Balaban J connectivity index is 1.53. The van der Waals surface area contributed by atoms with Gasteiger partial charge in [-0.05, 0) is 0 Å². The number of hydrogen-bond donors (Lipinski definition) is 0. The van der Waals surface area contributed by atoms with Crippen molar-refractivity contribution < 1.29 is 24.7 Å². The van der Waals surface area contributed by atoms with Gasteiger partial charge >= 0.3 is 319 Å². The minimum atomic E-state index is -0.172. The van der Waals surface area contributed by atoms with Gasteiger partial charge in [0.15, 0.2) is 0 Å². The Hall–Kier alpha value is -3.02. The van der Waals surface area contributed by atoms with Crippen LogP contribution in [0, 0.1) is 51.8 Å². The molecule has 2 saturated carbocycles. The van der Waals surface area contributed by atoms with E-state index in [0.717, 1.165) is 6.42 Å². The zero-order chi connectivity index (χ0) is 35.7. The summed E-state index contributed by atoms with van der Waals surface area (Å²) < 4.78 is 0.422. The molecule has 0 aromatic heterocycles. The van der Waals surface area contributed by atoms with Gasteiger partial charge in [-0.15, -0.1) is 0 Å². The minimum absolute atomic E-state index is 0.0449. The van der Waals surface area contributed by atoms with E-state index in [1.807, 2.05) is 0 Å². The molecule has 8 unspecified atom stereocenters. The molecule has 253 valence electrons. The first kappa shape index (κ1) is 34.1. The molecule has 0 heterocycles. The molecule has 0 saturated heterocycles. The second-order valence-electron chi connectivity index (χ2n) is 17.6. The van der Waals surface area contributed by atoms with Crippen LogP contribution in [0.5, 0.6) is 0 Å². The molecule has 50 heavy (non-hydrogen) atoms. The van der Waals surface area contributed by atoms with Gasteiger partial charge in [0.05, 0.1) is 0 Å². The van der Waals surface area contributed by atoms with Gasteiger partial charge in [-0.2, -0.15) is 0 Å². The van der Waals surface area contributed by atoms with Crippen LogP contribution >= 0.6 is 0 Å². The third kappa shape index (κ3) is 3.62. The van der Waals surface area contributed by atoms with Crippen LogP contribution in [0.2, 0.25) is 3.63 Å². The average molecular weight is 733 g/mol. The Morgan fingerprint density at radius 2 is 1.10 bits per heavy atom. The van der Waals surface area contributed by atoms with Crippen LogP contribution in [0.1, 0.15) is 84.1 Å². The summed E-state index contributed by atoms with van der Waals surface area (Å²) in [6.07, 6.45) is 30.6. The summed E-state index contributed by atoms with van der Waals surface area (Å²) in [6.45, 7) is 25.5. The normalized spacial score (nSPS) is 40.7. The van der Waals surface area contributed by atoms with Gasteiger partial charge in [0, 0.05) is 0 Å². The molecule has 2 aromatic carbocycles. The summed E-state index contributed by atoms with van der Waals surface area (Å²) in [6, 6.07) is 18.5. The molecule has 0 bridgehead atoms. The maximum atomic E-state index is 2.73. The summed E-state index contributed by atoms with van der Waals surface area (Å²) >= 11 is 1.61. The van der Waals surface area contributed by atoms with Crippen molar-refractivity contribution in [2.45, 2.75) is 79.3 Å². The Morgan fingerprint density at radius 3 is 1.60 bits per heavy atom. The van der Waals surface area contributed by atoms with Crippen molar-refractivity contribution in [2.75, 3.05) is 0 Å². The summed E-state index contributed by atoms with van der Waals surface area (Å²) in [5.41, 5.74) is 13.3. The van der Waals surface area contributed by atoms with Crippen molar-refractivity contribution in [1.29, 1.82) is 0 Å². The number of hydrogen-bond acceptors (Lipinski definition) is 0. The summed E-state index contributed by atoms with van der Waals surface area (Å²) in [7, 11) is 0. The summed E-state index contributed by atoms with van der Waals surface area (Å²) in [5, 5.41) is 0. The molecule has 0 amide bonds. The number of aryl methyl sites for hydroxylation is 2. The van der Waals surface area contributed by atoms with Gasteiger partial charge in [0.25, 0.3) is 0 Å². The van der Waals surface area contributed by atoms with E-state index < -0.39 is 0 Å². The van der Waals surface area contributed by atoms with Crippen molar-refractivity contribution in [3.8, 4) is 0 Å². The monoisotopic (exact) mass is 731 g/mol. The standard InChI is InChI=1S/C49H53.Zr/c1-33-19-23-37(24-20-33)42(38-25-21-34(2)22-26-38)40-31-39-32-47(8)45(6)29-14-13-27-43(45,4)44(5)28-15-16-30-46(44,7)49(47,10)48(39,9)35(3)41(40)36-17-11-12-18-36;/h11-17,19-32H,18H2,1-10H3;. The fourth-order valence-corrected chi connectivity index (χ4v) is 15.1. The van der Waals surface area contributed by atoms with Crippen molar-refractivity contribution in [3.63, 3.8) is 0 Å². The molecule has 0 nitrogen and oxygen atoms in total. The van der Waals surface area contributed by atoms with E-state index in [-0.39, 0.29) is 37.9 Å². The molecule has 0 spiro atoms. The number of allylic oxidation sites excluding steroid dienone is 17. The predicted molar refractivity (Wildman–Crippen MR) is 208 cm³/mol. The fraction of sp³-hybridized carbons (Fsp3) is 0.388. The van der Waals surface area contributed by atoms with Crippen LogP contribution in [0.15, 0.2) is 149 Å². The first-order chi connectivity index (χ1) is 23.6. The van der Waals surface area contributed by atoms with Gasteiger partial charge < -0.3 is 0 Å². The van der Waals surface area contributed by atoms with Crippen LogP contribution < -0.4 is 0 Å². The molecule has 2 aromatic rings. The Bertz CT molecular complexity index is 2060. The molecule has 6 aliphatic carbocycles. The first-order valence-corrected chi connectivity index (χ1v) is 20.1. The molecule has 8 atom stereocenters. The van der Waals surface area contributed by atoms with E-state index in [0.29, 0.717) is 3.63 Å². The fourth-order valence-electron chi connectivity index (χ4n) is 12.7. The quantitative estimate of drug-likeness (QED) is 0.295. The molecule has 0 aliphatic heterocycles. The van der Waals surface area contributed by atoms with Crippen molar-refractivity contribution in [1.82, 2.24) is 0 Å². The van der Waals surface area contributed by atoms with E-state index in [2.05, 4.69) is 191 Å². The summed E-state index contributed by atoms with van der Waals surface area (Å²) in [5.74, 6) is 0. The summed E-state index contributed by atoms with van der Waals surface area (Å²) in [4.78, 5) is 0. The second-order valence-corrected chi connectivity index (χ2v) is 19.0. The molecule has 1 heteroatoms. The van der Waals surface area contributed by atoms with Gasteiger partial charge in [0.1, 0.15) is 0 Å². The van der Waals surface area contributed by atoms with E-state index in [9.17, 15) is 0 Å². The van der Waals surface area contributed by atoms with Crippen molar-refractivity contribution in [3.05, 3.63) is 172 Å². The van der Waals surface area contributed by atoms with Crippen LogP contribution in [-0.2, 0) is 24.7 Å². The zero-order valence-electron chi connectivity index (χ0n) is 31.8. The van der Waals surface area contributed by atoms with Gasteiger partial charge in [-0.25, -0.2) is 0 Å². The van der Waals surface area contributed by atoms with Crippen molar-refractivity contribution >= 4 is 5.57 Å². The third-order valence-electron chi connectivity index (χ3n) is 16.5. The zero-order valence-corrected chi connectivity index (χ0v) is 34.3. The molecule has 8 rings (SSSR count). The molecular weight excluding hydrogens is 680 g/mol. The number of benzene rings is 2. The second kappa shape index (κ2) is 10.8. The molecule has 0 radical (unpaired) electrons. The molecular formula is C49H53Zr. The van der Waals surface area contributed by atoms with Gasteiger partial charge in [-0.3, -0.25) is 0 Å². The van der Waals surface area contributed by atoms with E-state index in [1.165, 1.54) is 44.5 Å². The van der Waals surface area contributed by atoms with Crippen LogP contribution in [0.3, 0.4) is 0 Å². The van der Waals surface area contributed by atoms with E-state index in [4.69, 9.17) is 0 Å². The maximum absolute atomic E-state index is 2.73. The topological polar surface area (TPSA) is 0 Å². The molecule has 0 N–H and O–H groups in total. The molecule has 2 fully saturated rings. The van der Waals surface area contributed by atoms with Crippen molar-refractivity contribution in [2.24, 2.45) is 37.9 Å². The first-order valence-electron chi connectivity index (χ1n) is 18.7. The van der Waals surface area contributed by atoms with Gasteiger partial charge in [-0.1, -0.05) is 0 Å². The Labute approximate surface area is 317 Å². The van der Waals surface area contributed by atoms with Crippen LogP contribution in [-0.4, -0.2) is 0 Å². The Kier molecular flexibility index (Phi) is 7.34.